The molecule has 4 heteroatoms. The average molecular weight is 366 g/mol. The maximum Gasteiger partial charge on any atom is 0.241 e. The van der Waals surface area contributed by atoms with Crippen LogP contribution in [0.4, 0.5) is 5.69 Å². The molecule has 1 N–H and O–H groups in total. The van der Waals surface area contributed by atoms with Gasteiger partial charge >= 0.3 is 0 Å². The van der Waals surface area contributed by atoms with Crippen LogP contribution in [0.15, 0.2) is 48.5 Å². The molecule has 1 atom stereocenters. The zero-order chi connectivity index (χ0) is 19.2. The standard InChI is InChI=1S/C23H31N3O/c1-18-8-7-9-19(2)22(18)24-23(27)20(3)26-16-14-25(15-17-26)13-12-21-10-5-4-6-11-21/h4-11,20H,12-17H2,1-3H3,(H,24,27)/t20-/m1/s1. The quantitative estimate of drug-likeness (QED) is 0.851. The van der Waals surface area contributed by atoms with Crippen LogP contribution in [0, 0.1) is 13.8 Å². The molecule has 0 unspecified atom stereocenters. The fraction of sp³-hybridized carbons (Fsp3) is 0.435. The van der Waals surface area contributed by atoms with E-state index in [4.69, 9.17) is 0 Å². The third-order valence-corrected chi connectivity index (χ3v) is 5.62. The highest BCUT2D eigenvalue weighted by atomic mass is 16.2. The Labute approximate surface area is 163 Å². The zero-order valence-electron chi connectivity index (χ0n) is 16.7. The van der Waals surface area contributed by atoms with Crippen LogP contribution < -0.4 is 5.32 Å². The van der Waals surface area contributed by atoms with Crippen LogP contribution >= 0.6 is 0 Å². The maximum atomic E-state index is 12.7. The summed E-state index contributed by atoms with van der Waals surface area (Å²) in [5, 5.41) is 3.14. The zero-order valence-corrected chi connectivity index (χ0v) is 16.7. The number of benzene rings is 2. The number of rotatable bonds is 6. The molecule has 3 rings (SSSR count). The summed E-state index contributed by atoms with van der Waals surface area (Å²) in [4.78, 5) is 17.5. The molecule has 1 fully saturated rings. The predicted molar refractivity (Wildman–Crippen MR) is 112 cm³/mol. The molecule has 1 aliphatic heterocycles. The first-order valence-electron chi connectivity index (χ1n) is 9.92. The predicted octanol–water partition coefficient (Wildman–Crippen LogP) is 3.49. The highest BCUT2D eigenvalue weighted by molar-refractivity contribution is 5.95. The Morgan fingerprint density at radius 3 is 2.22 bits per heavy atom. The molecular formula is C23H31N3O. The molecule has 1 amide bonds. The van der Waals surface area contributed by atoms with E-state index in [1.807, 2.05) is 39.0 Å². The molecule has 2 aromatic rings. The topological polar surface area (TPSA) is 35.6 Å². The van der Waals surface area contributed by atoms with Crippen molar-refractivity contribution in [1.82, 2.24) is 9.80 Å². The molecule has 0 saturated carbocycles. The van der Waals surface area contributed by atoms with Crippen molar-refractivity contribution < 1.29 is 4.79 Å². The van der Waals surface area contributed by atoms with E-state index in [1.165, 1.54) is 5.56 Å². The third kappa shape index (κ3) is 5.18. The first-order chi connectivity index (χ1) is 13.0. The number of hydrogen-bond donors (Lipinski definition) is 1. The molecule has 27 heavy (non-hydrogen) atoms. The fourth-order valence-electron chi connectivity index (χ4n) is 3.71. The van der Waals surface area contributed by atoms with Crippen molar-refractivity contribution in [1.29, 1.82) is 0 Å². The van der Waals surface area contributed by atoms with Gasteiger partial charge in [-0.3, -0.25) is 9.69 Å². The van der Waals surface area contributed by atoms with Crippen LogP contribution in [0.3, 0.4) is 0 Å². The summed E-state index contributed by atoms with van der Waals surface area (Å²) in [5.41, 5.74) is 4.57. The van der Waals surface area contributed by atoms with E-state index in [0.29, 0.717) is 0 Å². The van der Waals surface area contributed by atoms with Gasteiger partial charge in [0.2, 0.25) is 5.91 Å². The van der Waals surface area contributed by atoms with Crippen LogP contribution in [0.1, 0.15) is 23.6 Å². The number of aryl methyl sites for hydroxylation is 2. The highest BCUT2D eigenvalue weighted by Crippen LogP contribution is 2.20. The number of piperazine rings is 1. The largest absolute Gasteiger partial charge is 0.324 e. The van der Waals surface area contributed by atoms with Crippen molar-refractivity contribution in [3.05, 3.63) is 65.2 Å². The van der Waals surface area contributed by atoms with Gasteiger partial charge in [-0.25, -0.2) is 0 Å². The molecule has 0 radical (unpaired) electrons. The number of carbonyl (C=O) groups excluding carboxylic acids is 1. The fourth-order valence-corrected chi connectivity index (χ4v) is 3.71. The number of anilines is 1. The molecule has 1 heterocycles. The monoisotopic (exact) mass is 365 g/mol. The minimum Gasteiger partial charge on any atom is -0.324 e. The minimum absolute atomic E-state index is 0.0881. The maximum absolute atomic E-state index is 12.7. The number of amides is 1. The van der Waals surface area contributed by atoms with Gasteiger partial charge in [0.05, 0.1) is 6.04 Å². The van der Waals surface area contributed by atoms with Gasteiger partial charge in [-0.1, -0.05) is 48.5 Å². The van der Waals surface area contributed by atoms with E-state index < -0.39 is 0 Å². The van der Waals surface area contributed by atoms with Crippen LogP contribution in [0.25, 0.3) is 0 Å². The van der Waals surface area contributed by atoms with Crippen LogP contribution in [0.2, 0.25) is 0 Å². The van der Waals surface area contributed by atoms with Gasteiger partial charge in [-0.15, -0.1) is 0 Å². The van der Waals surface area contributed by atoms with Crippen molar-refractivity contribution in [2.45, 2.75) is 33.2 Å². The van der Waals surface area contributed by atoms with E-state index >= 15 is 0 Å². The van der Waals surface area contributed by atoms with Crippen molar-refractivity contribution in [2.75, 3.05) is 38.0 Å². The van der Waals surface area contributed by atoms with Gasteiger partial charge < -0.3 is 10.2 Å². The average Bonchev–Trinajstić information content (AvgIpc) is 2.70. The summed E-state index contributed by atoms with van der Waals surface area (Å²) in [7, 11) is 0. The summed E-state index contributed by atoms with van der Waals surface area (Å²) in [6.07, 6.45) is 1.09. The van der Waals surface area contributed by atoms with Gasteiger partial charge in [-0.05, 0) is 43.9 Å². The smallest absolute Gasteiger partial charge is 0.241 e. The van der Waals surface area contributed by atoms with Crippen LogP contribution in [-0.4, -0.2) is 54.5 Å². The molecule has 0 aromatic heterocycles. The molecule has 1 aliphatic rings. The van der Waals surface area contributed by atoms with Crippen molar-refractivity contribution >= 4 is 11.6 Å². The van der Waals surface area contributed by atoms with Crippen LogP contribution in [0.5, 0.6) is 0 Å². The lowest BCUT2D eigenvalue weighted by Gasteiger charge is -2.37. The lowest BCUT2D eigenvalue weighted by Crippen LogP contribution is -2.53. The number of nitrogens with one attached hydrogen (secondary N) is 1. The van der Waals surface area contributed by atoms with E-state index in [2.05, 4.69) is 45.4 Å². The van der Waals surface area contributed by atoms with Crippen LogP contribution in [-0.2, 0) is 11.2 Å². The van der Waals surface area contributed by atoms with Gasteiger partial charge in [0, 0.05) is 38.4 Å². The highest BCUT2D eigenvalue weighted by Gasteiger charge is 2.25. The van der Waals surface area contributed by atoms with Crippen molar-refractivity contribution in [2.24, 2.45) is 0 Å². The lowest BCUT2D eigenvalue weighted by molar-refractivity contribution is -0.121. The molecule has 0 aliphatic carbocycles. The Balaban J connectivity index is 1.48. The Morgan fingerprint density at radius 1 is 0.963 bits per heavy atom. The van der Waals surface area contributed by atoms with E-state index in [0.717, 1.165) is 56.0 Å². The Morgan fingerprint density at radius 2 is 1.59 bits per heavy atom. The summed E-state index contributed by atoms with van der Waals surface area (Å²) in [5.74, 6) is 0.0881. The number of para-hydroxylation sites is 1. The SMILES string of the molecule is Cc1cccc(C)c1NC(=O)[C@@H](C)N1CCN(CCc2ccccc2)CC1. The van der Waals surface area contributed by atoms with E-state index in [9.17, 15) is 4.79 Å². The van der Waals surface area contributed by atoms with Gasteiger partial charge in [-0.2, -0.15) is 0 Å². The normalized spacial score (nSPS) is 16.9. The number of carbonyl (C=O) groups is 1. The molecular weight excluding hydrogens is 334 g/mol. The molecule has 0 spiro atoms. The van der Waals surface area contributed by atoms with Crippen molar-refractivity contribution in [3.63, 3.8) is 0 Å². The molecule has 2 aromatic carbocycles. The van der Waals surface area contributed by atoms with E-state index in [1.54, 1.807) is 0 Å². The second-order valence-corrected chi connectivity index (χ2v) is 7.55. The summed E-state index contributed by atoms with van der Waals surface area (Å²) < 4.78 is 0. The summed E-state index contributed by atoms with van der Waals surface area (Å²) in [6.45, 7) is 11.1. The molecule has 1 saturated heterocycles. The number of hydrogen-bond acceptors (Lipinski definition) is 3. The molecule has 144 valence electrons. The minimum atomic E-state index is -0.111. The first-order valence-corrected chi connectivity index (χ1v) is 9.92. The Bertz CT molecular complexity index is 731. The second-order valence-electron chi connectivity index (χ2n) is 7.55. The number of nitrogens with zero attached hydrogens (tertiary/aromatic N) is 2. The third-order valence-electron chi connectivity index (χ3n) is 5.62. The van der Waals surface area contributed by atoms with Crippen molar-refractivity contribution in [3.8, 4) is 0 Å². The van der Waals surface area contributed by atoms with Gasteiger partial charge in [0.25, 0.3) is 0 Å². The van der Waals surface area contributed by atoms with Gasteiger partial charge in [0.15, 0.2) is 0 Å². The summed E-state index contributed by atoms with van der Waals surface area (Å²) >= 11 is 0. The Hall–Kier alpha value is -2.17. The first kappa shape index (κ1) is 19.6. The van der Waals surface area contributed by atoms with E-state index in [-0.39, 0.29) is 11.9 Å². The molecule has 0 bridgehead atoms. The second kappa shape index (κ2) is 9.16. The molecule has 4 nitrogen and oxygen atoms in total. The Kier molecular flexibility index (Phi) is 6.64. The summed E-state index contributed by atoms with van der Waals surface area (Å²) in [6, 6.07) is 16.6. The van der Waals surface area contributed by atoms with Gasteiger partial charge in [0.1, 0.15) is 0 Å². The lowest BCUT2D eigenvalue weighted by atomic mass is 10.1.